The largest absolute Gasteiger partial charge is 0.322 e. The van der Waals surface area contributed by atoms with E-state index in [1.807, 2.05) is 37.3 Å². The van der Waals surface area contributed by atoms with Crippen LogP contribution in [0.4, 0.5) is 5.69 Å². The summed E-state index contributed by atoms with van der Waals surface area (Å²) in [6.07, 6.45) is -0.0408. The molecular weight excluding hydrogens is 382 g/mol. The highest BCUT2D eigenvalue weighted by molar-refractivity contribution is 6.22. The van der Waals surface area contributed by atoms with E-state index in [4.69, 9.17) is 0 Å². The van der Waals surface area contributed by atoms with Crippen LogP contribution in [-0.2, 0) is 9.59 Å². The smallest absolute Gasteiger partial charge is 0.278 e. The lowest BCUT2D eigenvalue weighted by Crippen LogP contribution is -2.31. The van der Waals surface area contributed by atoms with Crippen LogP contribution >= 0.6 is 0 Å². The molecule has 2 aromatic heterocycles. The summed E-state index contributed by atoms with van der Waals surface area (Å²) in [4.78, 5) is 47.7. The zero-order valence-corrected chi connectivity index (χ0v) is 16.5. The summed E-state index contributed by atoms with van der Waals surface area (Å²) < 4.78 is 1.29. The number of rotatable bonds is 3. The molecule has 0 saturated carbocycles. The van der Waals surface area contributed by atoms with Gasteiger partial charge >= 0.3 is 0 Å². The van der Waals surface area contributed by atoms with E-state index in [9.17, 15) is 14.4 Å². The van der Waals surface area contributed by atoms with Crippen LogP contribution in [0.1, 0.15) is 29.2 Å². The second kappa shape index (κ2) is 6.55. The Morgan fingerprint density at radius 3 is 2.60 bits per heavy atom. The van der Waals surface area contributed by atoms with Crippen molar-refractivity contribution in [2.24, 2.45) is 0 Å². The molecule has 5 rings (SSSR count). The molecule has 1 atom stereocenters. The summed E-state index contributed by atoms with van der Waals surface area (Å²) in [6, 6.07) is 14.7. The Morgan fingerprint density at radius 1 is 1.03 bits per heavy atom. The number of para-hydroxylation sites is 2. The van der Waals surface area contributed by atoms with E-state index in [0.717, 1.165) is 16.6 Å². The number of carbonyl (C=O) groups excluding carboxylic acids is 2. The Bertz CT molecular complexity index is 1340. The number of aromatic nitrogens is 4. The van der Waals surface area contributed by atoms with Gasteiger partial charge in [0.25, 0.3) is 5.56 Å². The first-order valence-corrected chi connectivity index (χ1v) is 9.64. The number of aryl methyl sites for hydroxylation is 2. The van der Waals surface area contributed by atoms with Gasteiger partial charge in [0.2, 0.25) is 17.8 Å². The van der Waals surface area contributed by atoms with Crippen LogP contribution in [0.3, 0.4) is 0 Å². The molecular formula is C22H19N5O3. The van der Waals surface area contributed by atoms with Gasteiger partial charge in [0.1, 0.15) is 0 Å². The molecule has 1 aliphatic heterocycles. The van der Waals surface area contributed by atoms with Crippen molar-refractivity contribution in [1.82, 2.24) is 19.7 Å². The minimum atomic E-state index is -0.826. The molecule has 0 unspecified atom stereocenters. The topological polar surface area (TPSA) is 104 Å². The van der Waals surface area contributed by atoms with Crippen molar-refractivity contribution in [3.63, 3.8) is 0 Å². The number of hydrogen-bond acceptors (Lipinski definition) is 4. The van der Waals surface area contributed by atoms with Crippen LogP contribution in [0.25, 0.3) is 17.0 Å². The fraction of sp³-hybridized carbons (Fsp3) is 0.182. The molecule has 150 valence electrons. The van der Waals surface area contributed by atoms with Gasteiger partial charge in [-0.1, -0.05) is 24.3 Å². The van der Waals surface area contributed by atoms with Gasteiger partial charge in [0, 0.05) is 12.1 Å². The lowest BCUT2D eigenvalue weighted by Gasteiger charge is -2.15. The highest BCUT2D eigenvalue weighted by atomic mass is 16.2. The highest BCUT2D eigenvalue weighted by Crippen LogP contribution is 2.33. The zero-order valence-electron chi connectivity index (χ0n) is 16.5. The average molecular weight is 401 g/mol. The average Bonchev–Trinajstić information content (AvgIpc) is 3.35. The lowest BCUT2D eigenvalue weighted by atomic mass is 9.98. The van der Waals surface area contributed by atoms with Crippen molar-refractivity contribution in [3.8, 4) is 5.95 Å². The van der Waals surface area contributed by atoms with Gasteiger partial charge in [-0.15, -0.1) is 0 Å². The van der Waals surface area contributed by atoms with Crippen LogP contribution in [0.2, 0.25) is 0 Å². The fourth-order valence-electron chi connectivity index (χ4n) is 4.06. The van der Waals surface area contributed by atoms with Crippen molar-refractivity contribution >= 4 is 28.5 Å². The molecule has 4 aromatic rings. The van der Waals surface area contributed by atoms with Crippen LogP contribution < -0.4 is 10.5 Å². The monoisotopic (exact) mass is 401 g/mol. The number of nitrogens with zero attached hydrogens (tertiary/aromatic N) is 3. The van der Waals surface area contributed by atoms with E-state index in [-0.39, 0.29) is 23.8 Å². The standard InChI is InChI=1S/C22H19N5O3/c1-12-6-5-7-14(10-12)26-18(28)11-15(20(26)29)19-13(2)25-27(21(19)30)22-23-16-8-3-4-9-17(16)24-22/h3-10,15,25H,11H2,1-2H3,(H,23,24)/t15-/m0/s1. The number of aromatic amines is 2. The van der Waals surface area contributed by atoms with E-state index in [1.54, 1.807) is 25.1 Å². The number of amides is 2. The van der Waals surface area contributed by atoms with Crippen molar-refractivity contribution in [3.05, 3.63) is 75.7 Å². The predicted octanol–water partition coefficient (Wildman–Crippen LogP) is 2.71. The number of imide groups is 1. The Balaban J connectivity index is 1.56. The number of H-pyrrole nitrogens is 2. The summed E-state index contributed by atoms with van der Waals surface area (Å²) in [6.45, 7) is 3.62. The van der Waals surface area contributed by atoms with Gasteiger partial charge in [-0.3, -0.25) is 19.5 Å². The number of imidazole rings is 1. The van der Waals surface area contributed by atoms with E-state index in [0.29, 0.717) is 22.9 Å². The first kappa shape index (κ1) is 18.1. The Morgan fingerprint density at radius 2 is 1.83 bits per heavy atom. The van der Waals surface area contributed by atoms with Crippen molar-refractivity contribution in [2.45, 2.75) is 26.2 Å². The fourth-order valence-corrected chi connectivity index (χ4v) is 4.06. The minimum absolute atomic E-state index is 0.0408. The van der Waals surface area contributed by atoms with Gasteiger partial charge in [0.05, 0.1) is 28.2 Å². The summed E-state index contributed by atoms with van der Waals surface area (Å²) in [5.74, 6) is -1.19. The van der Waals surface area contributed by atoms with E-state index >= 15 is 0 Å². The number of carbonyl (C=O) groups is 2. The van der Waals surface area contributed by atoms with Gasteiger partial charge in [-0.05, 0) is 43.7 Å². The van der Waals surface area contributed by atoms with E-state index < -0.39 is 5.92 Å². The number of hydrogen-bond donors (Lipinski definition) is 2. The summed E-state index contributed by atoms with van der Waals surface area (Å²) in [5, 5.41) is 2.99. The highest BCUT2D eigenvalue weighted by Gasteiger charge is 2.43. The van der Waals surface area contributed by atoms with Gasteiger partial charge < -0.3 is 4.98 Å². The lowest BCUT2D eigenvalue weighted by molar-refractivity contribution is -0.121. The molecule has 1 fully saturated rings. The molecule has 8 heteroatoms. The van der Waals surface area contributed by atoms with Crippen LogP contribution in [0.5, 0.6) is 0 Å². The second-order valence-electron chi connectivity index (χ2n) is 7.53. The first-order valence-electron chi connectivity index (χ1n) is 9.64. The second-order valence-corrected chi connectivity index (χ2v) is 7.53. The number of fused-ring (bicyclic) bond motifs is 1. The zero-order chi connectivity index (χ0) is 21.0. The molecule has 3 heterocycles. The molecule has 2 N–H and O–H groups in total. The maximum atomic E-state index is 13.2. The molecule has 0 aliphatic carbocycles. The van der Waals surface area contributed by atoms with Crippen LogP contribution in [-0.4, -0.2) is 31.6 Å². The molecule has 30 heavy (non-hydrogen) atoms. The third-order valence-corrected chi connectivity index (χ3v) is 5.46. The third-order valence-electron chi connectivity index (χ3n) is 5.46. The molecule has 0 radical (unpaired) electrons. The van der Waals surface area contributed by atoms with Crippen molar-refractivity contribution < 1.29 is 9.59 Å². The minimum Gasteiger partial charge on any atom is -0.322 e. The SMILES string of the molecule is Cc1cccc(N2C(=O)C[C@@H](c3c(C)[nH]n(-c4nc5ccccc5[nH]4)c3=O)C2=O)c1. The maximum Gasteiger partial charge on any atom is 0.278 e. The number of anilines is 1. The van der Waals surface area contributed by atoms with Crippen LogP contribution in [0.15, 0.2) is 53.3 Å². The Hall–Kier alpha value is -3.94. The number of nitrogens with one attached hydrogen (secondary N) is 2. The normalized spacial score (nSPS) is 16.7. The molecule has 0 spiro atoms. The molecule has 2 amide bonds. The van der Waals surface area contributed by atoms with Crippen LogP contribution in [0, 0.1) is 13.8 Å². The summed E-state index contributed by atoms with van der Waals surface area (Å²) >= 11 is 0. The molecule has 1 aliphatic rings. The molecule has 1 saturated heterocycles. The Kier molecular flexibility index (Phi) is 3.95. The van der Waals surface area contributed by atoms with Crippen molar-refractivity contribution in [2.75, 3.05) is 4.90 Å². The van der Waals surface area contributed by atoms with Gasteiger partial charge in [-0.25, -0.2) is 9.88 Å². The third kappa shape index (κ3) is 2.68. The van der Waals surface area contributed by atoms with Crippen molar-refractivity contribution in [1.29, 1.82) is 0 Å². The quantitative estimate of drug-likeness (QED) is 0.515. The molecule has 8 nitrogen and oxygen atoms in total. The van der Waals surface area contributed by atoms with E-state index in [1.165, 1.54) is 9.58 Å². The predicted molar refractivity (Wildman–Crippen MR) is 112 cm³/mol. The molecule has 0 bridgehead atoms. The number of benzene rings is 2. The summed E-state index contributed by atoms with van der Waals surface area (Å²) in [7, 11) is 0. The molecule has 2 aromatic carbocycles. The Labute approximate surface area is 171 Å². The van der Waals surface area contributed by atoms with Gasteiger partial charge in [0.15, 0.2) is 0 Å². The first-order chi connectivity index (χ1) is 14.4. The maximum absolute atomic E-state index is 13.2. The van der Waals surface area contributed by atoms with Gasteiger partial charge in [-0.2, -0.15) is 4.68 Å². The van der Waals surface area contributed by atoms with E-state index in [2.05, 4.69) is 15.1 Å². The summed E-state index contributed by atoms with van der Waals surface area (Å²) in [5.41, 5.74) is 3.45.